The summed E-state index contributed by atoms with van der Waals surface area (Å²) in [6.07, 6.45) is -2.32. The zero-order valence-electron chi connectivity index (χ0n) is 20.2. The van der Waals surface area contributed by atoms with E-state index in [1.165, 1.54) is 35.3 Å². The molecule has 0 spiro atoms. The third-order valence-electron chi connectivity index (χ3n) is 5.20. The minimum atomic E-state index is -4.77. The number of halogens is 3. The second-order valence-corrected chi connectivity index (χ2v) is 7.96. The molecule has 0 aliphatic heterocycles. The summed E-state index contributed by atoms with van der Waals surface area (Å²) in [6, 6.07) is 17.1. The van der Waals surface area contributed by atoms with Gasteiger partial charge in [0.2, 0.25) is 0 Å². The van der Waals surface area contributed by atoms with Crippen LogP contribution in [0.25, 0.3) is 17.1 Å². The second kappa shape index (κ2) is 10.9. The molecule has 1 amide bonds. The van der Waals surface area contributed by atoms with E-state index in [2.05, 4.69) is 25.5 Å². The third kappa shape index (κ3) is 6.81. The molecule has 1 heterocycles. The maximum Gasteiger partial charge on any atom is 0.573 e. The number of hydrogen-bond donors (Lipinski definition) is 3. The van der Waals surface area contributed by atoms with E-state index in [1.807, 2.05) is 6.92 Å². The third-order valence-corrected chi connectivity index (χ3v) is 5.20. The Balaban J connectivity index is 1.37. The van der Waals surface area contributed by atoms with Crippen LogP contribution in [0.5, 0.6) is 11.5 Å². The Morgan fingerprint density at radius 3 is 2.32 bits per heavy atom. The summed E-state index contributed by atoms with van der Waals surface area (Å²) in [5, 5.41) is 19.9. The number of anilines is 2. The van der Waals surface area contributed by atoms with Crippen LogP contribution in [0.3, 0.4) is 0 Å². The molecule has 0 bridgehead atoms. The van der Waals surface area contributed by atoms with Crippen LogP contribution in [0.15, 0.2) is 85.0 Å². The van der Waals surface area contributed by atoms with Crippen LogP contribution >= 0.6 is 0 Å². The van der Waals surface area contributed by atoms with Gasteiger partial charge >= 0.3 is 6.36 Å². The van der Waals surface area contributed by atoms with Gasteiger partial charge in [0.25, 0.3) is 5.91 Å². The van der Waals surface area contributed by atoms with Gasteiger partial charge in [-0.15, -0.1) is 18.3 Å². The summed E-state index contributed by atoms with van der Waals surface area (Å²) in [7, 11) is 1.56. The Morgan fingerprint density at radius 1 is 1.00 bits per heavy atom. The van der Waals surface area contributed by atoms with E-state index in [4.69, 9.17) is 4.74 Å². The Hall–Kier alpha value is -5.00. The number of nitrogens with zero attached hydrogens (tertiary/aromatic N) is 3. The number of carbonyl (C=O) groups excluding carboxylic acids is 1. The number of alkyl halides is 3. The first-order valence-corrected chi connectivity index (χ1v) is 11.1. The van der Waals surface area contributed by atoms with Gasteiger partial charge in [0.05, 0.1) is 18.9 Å². The van der Waals surface area contributed by atoms with Gasteiger partial charge in [-0.25, -0.2) is 9.67 Å². The minimum Gasteiger partial charge on any atom is -0.497 e. The Kier molecular flexibility index (Phi) is 7.51. The lowest BCUT2D eigenvalue weighted by Crippen LogP contribution is -2.17. The van der Waals surface area contributed by atoms with Crippen LogP contribution in [-0.4, -0.2) is 39.3 Å². The molecule has 9 nitrogen and oxygen atoms in total. The summed E-state index contributed by atoms with van der Waals surface area (Å²) in [4.78, 5) is 16.5. The summed E-state index contributed by atoms with van der Waals surface area (Å²) in [5.74, 6) is -0.174. The Morgan fingerprint density at radius 2 is 1.68 bits per heavy atom. The molecule has 3 aromatic carbocycles. The molecule has 0 fully saturated rings. The summed E-state index contributed by atoms with van der Waals surface area (Å²) >= 11 is 0. The van der Waals surface area contributed by atoms with Crippen molar-refractivity contribution in [3.05, 3.63) is 90.6 Å². The molecule has 0 atom stereocenters. The highest BCUT2D eigenvalue weighted by molar-refractivity contribution is 5.99. The SMILES string of the molecule is COc1ccc(NC(O)=CC(=O)Nc2ccc(-c3ncn(-c4ccc(OC(F)(F)F)cc4)n3)cc2)c(C)c1. The largest absolute Gasteiger partial charge is 0.573 e. The fraction of sp³-hybridized carbons (Fsp3) is 0.115. The topological polar surface area (TPSA) is 111 Å². The first-order chi connectivity index (χ1) is 18.1. The van der Waals surface area contributed by atoms with Crippen molar-refractivity contribution in [1.82, 2.24) is 14.8 Å². The number of methoxy groups -OCH3 is 1. The molecule has 0 aliphatic carbocycles. The predicted molar refractivity (Wildman–Crippen MR) is 134 cm³/mol. The maximum atomic E-state index is 12.3. The number of aryl methyl sites for hydroxylation is 1. The lowest BCUT2D eigenvalue weighted by molar-refractivity contribution is -0.274. The van der Waals surface area contributed by atoms with Gasteiger partial charge in [-0.1, -0.05) is 0 Å². The van der Waals surface area contributed by atoms with E-state index in [9.17, 15) is 23.1 Å². The fourth-order valence-corrected chi connectivity index (χ4v) is 3.40. The van der Waals surface area contributed by atoms with Crippen LogP contribution < -0.4 is 20.1 Å². The van der Waals surface area contributed by atoms with E-state index in [1.54, 1.807) is 49.6 Å². The molecule has 4 aromatic rings. The van der Waals surface area contributed by atoms with Gasteiger partial charge < -0.3 is 25.2 Å². The average molecular weight is 525 g/mol. The standard InChI is InChI=1S/C26H22F3N5O4/c1-16-13-21(37-2)11-12-22(16)32-24(36)14-23(35)31-18-5-3-17(4-6-18)25-30-15-34(33-25)19-7-9-20(10-8-19)38-26(27,28)29/h3-15,32,36H,1-2H3,(H,31,35). The van der Waals surface area contributed by atoms with Gasteiger partial charge in [-0.3, -0.25) is 4.79 Å². The minimum absolute atomic E-state index is 0.333. The number of nitrogens with one attached hydrogen (secondary N) is 2. The first kappa shape index (κ1) is 26.1. The quantitative estimate of drug-likeness (QED) is 0.203. The van der Waals surface area contributed by atoms with E-state index >= 15 is 0 Å². The monoisotopic (exact) mass is 525 g/mol. The van der Waals surface area contributed by atoms with Crippen molar-refractivity contribution in [2.45, 2.75) is 13.3 Å². The number of aromatic nitrogens is 3. The van der Waals surface area contributed by atoms with Crippen molar-refractivity contribution in [2.75, 3.05) is 17.7 Å². The maximum absolute atomic E-state index is 12.3. The molecule has 38 heavy (non-hydrogen) atoms. The van der Waals surface area contributed by atoms with E-state index < -0.39 is 12.3 Å². The van der Waals surface area contributed by atoms with Crippen molar-refractivity contribution in [3.8, 4) is 28.6 Å². The van der Waals surface area contributed by atoms with Crippen molar-refractivity contribution >= 4 is 17.3 Å². The van der Waals surface area contributed by atoms with Crippen LogP contribution in [0, 0.1) is 6.92 Å². The lowest BCUT2D eigenvalue weighted by atomic mass is 10.2. The van der Waals surface area contributed by atoms with Crippen molar-refractivity contribution < 1.29 is 32.5 Å². The number of hydrogen-bond acceptors (Lipinski definition) is 7. The van der Waals surface area contributed by atoms with Crippen LogP contribution in [0.4, 0.5) is 24.5 Å². The molecule has 3 N–H and O–H groups in total. The number of aliphatic hydroxyl groups is 1. The lowest BCUT2D eigenvalue weighted by Gasteiger charge is -2.10. The van der Waals surface area contributed by atoms with Crippen molar-refractivity contribution in [2.24, 2.45) is 0 Å². The van der Waals surface area contributed by atoms with Crippen molar-refractivity contribution in [1.29, 1.82) is 0 Å². The average Bonchev–Trinajstić information content (AvgIpc) is 3.35. The predicted octanol–water partition coefficient (Wildman–Crippen LogP) is 5.60. The fourth-order valence-electron chi connectivity index (χ4n) is 3.40. The van der Waals surface area contributed by atoms with Gasteiger partial charge in [-0.05, 0) is 79.2 Å². The van der Waals surface area contributed by atoms with Crippen LogP contribution in [0.1, 0.15) is 5.56 Å². The number of rotatable bonds is 8. The number of carbonyl (C=O) groups is 1. The summed E-state index contributed by atoms with van der Waals surface area (Å²) in [5.41, 5.74) is 3.06. The molecule has 4 rings (SSSR count). The van der Waals surface area contributed by atoms with Gasteiger partial charge in [-0.2, -0.15) is 0 Å². The highest BCUT2D eigenvalue weighted by atomic mass is 19.4. The number of amides is 1. The van der Waals surface area contributed by atoms with E-state index in [-0.39, 0.29) is 11.6 Å². The Labute approximate surface area is 215 Å². The molecular formula is C26H22F3N5O4. The van der Waals surface area contributed by atoms with E-state index in [0.29, 0.717) is 34.2 Å². The molecule has 0 saturated heterocycles. The molecule has 1 aromatic heterocycles. The molecule has 0 saturated carbocycles. The number of ether oxygens (including phenoxy) is 2. The Bertz CT molecular complexity index is 1450. The molecule has 196 valence electrons. The molecule has 0 aliphatic rings. The second-order valence-electron chi connectivity index (χ2n) is 7.96. The molecule has 0 radical (unpaired) electrons. The smallest absolute Gasteiger partial charge is 0.497 e. The van der Waals surface area contributed by atoms with E-state index in [0.717, 1.165) is 11.6 Å². The zero-order valence-corrected chi connectivity index (χ0v) is 20.2. The molecular weight excluding hydrogens is 503 g/mol. The number of aliphatic hydroxyl groups excluding tert-OH is 1. The van der Waals surface area contributed by atoms with Gasteiger partial charge in [0.1, 0.15) is 17.8 Å². The normalized spacial score (nSPS) is 11.7. The summed E-state index contributed by atoms with van der Waals surface area (Å²) in [6.45, 7) is 1.83. The van der Waals surface area contributed by atoms with Crippen molar-refractivity contribution in [3.63, 3.8) is 0 Å². The first-order valence-electron chi connectivity index (χ1n) is 11.1. The zero-order chi connectivity index (χ0) is 27.3. The number of benzene rings is 3. The van der Waals surface area contributed by atoms with Gasteiger partial charge in [0.15, 0.2) is 11.7 Å². The van der Waals surface area contributed by atoms with Crippen LogP contribution in [-0.2, 0) is 4.79 Å². The molecule has 0 unspecified atom stereocenters. The highest BCUT2D eigenvalue weighted by Crippen LogP contribution is 2.25. The summed E-state index contributed by atoms with van der Waals surface area (Å²) < 4.78 is 47.4. The molecule has 12 heteroatoms. The van der Waals surface area contributed by atoms with Gasteiger partial charge in [0, 0.05) is 16.9 Å². The van der Waals surface area contributed by atoms with Crippen LogP contribution in [0.2, 0.25) is 0 Å². The highest BCUT2D eigenvalue weighted by Gasteiger charge is 2.31.